The first kappa shape index (κ1) is 17.4. The molecule has 0 aliphatic heterocycles. The Morgan fingerprint density at radius 3 is 2.04 bits per heavy atom. The smallest absolute Gasteiger partial charge is 0.122 e. The molecule has 1 unspecified atom stereocenters. The summed E-state index contributed by atoms with van der Waals surface area (Å²) in [5.41, 5.74) is 1.86. The number of hydrogen-bond acceptors (Lipinski definition) is 3. The lowest BCUT2D eigenvalue weighted by Gasteiger charge is -2.32. The molecule has 0 spiro atoms. The van der Waals surface area contributed by atoms with Gasteiger partial charge in [0, 0.05) is 11.5 Å². The van der Waals surface area contributed by atoms with Crippen molar-refractivity contribution in [3.8, 4) is 11.5 Å². The molecule has 0 saturated heterocycles. The molecule has 2 aromatic rings. The van der Waals surface area contributed by atoms with Gasteiger partial charge in [-0.1, -0.05) is 44.2 Å². The first-order chi connectivity index (χ1) is 11.0. The molecule has 0 radical (unpaired) electrons. The first-order valence-corrected chi connectivity index (χ1v) is 7.93. The van der Waals surface area contributed by atoms with Crippen molar-refractivity contribution in [1.29, 1.82) is 0 Å². The van der Waals surface area contributed by atoms with Crippen LogP contribution in [0.3, 0.4) is 0 Å². The molecule has 0 heterocycles. The highest BCUT2D eigenvalue weighted by Gasteiger charge is 2.30. The summed E-state index contributed by atoms with van der Waals surface area (Å²) in [6, 6.07) is 16.0. The maximum atomic E-state index is 10.7. The number of benzene rings is 2. The van der Waals surface area contributed by atoms with Gasteiger partial charge in [-0.05, 0) is 36.1 Å². The van der Waals surface area contributed by atoms with Crippen LogP contribution in [-0.4, -0.2) is 25.4 Å². The SMILES string of the molecule is COc1cc(OC)cc(C(C)(C)C(O)CCc2ccccc2)c1. The van der Waals surface area contributed by atoms with Crippen LogP contribution in [0.4, 0.5) is 0 Å². The zero-order valence-corrected chi connectivity index (χ0v) is 14.4. The van der Waals surface area contributed by atoms with E-state index in [0.717, 1.165) is 23.5 Å². The maximum absolute atomic E-state index is 10.7. The Hall–Kier alpha value is -2.00. The summed E-state index contributed by atoms with van der Waals surface area (Å²) < 4.78 is 10.7. The van der Waals surface area contributed by atoms with Gasteiger partial charge in [-0.3, -0.25) is 0 Å². The van der Waals surface area contributed by atoms with Crippen molar-refractivity contribution < 1.29 is 14.6 Å². The number of methoxy groups -OCH3 is 2. The number of aryl methyl sites for hydroxylation is 1. The van der Waals surface area contributed by atoms with Crippen molar-refractivity contribution in [2.24, 2.45) is 0 Å². The fourth-order valence-electron chi connectivity index (χ4n) is 2.68. The summed E-state index contributed by atoms with van der Waals surface area (Å²) in [6.07, 6.45) is 1.10. The quantitative estimate of drug-likeness (QED) is 0.840. The summed E-state index contributed by atoms with van der Waals surface area (Å²) in [4.78, 5) is 0. The number of ether oxygens (including phenoxy) is 2. The lowest BCUT2D eigenvalue weighted by molar-refractivity contribution is 0.0913. The van der Waals surface area contributed by atoms with Gasteiger partial charge in [0.1, 0.15) is 11.5 Å². The Kier molecular flexibility index (Phi) is 5.67. The van der Waals surface area contributed by atoms with E-state index in [-0.39, 0.29) is 0 Å². The van der Waals surface area contributed by atoms with E-state index in [4.69, 9.17) is 9.47 Å². The molecule has 0 saturated carbocycles. The second kappa shape index (κ2) is 7.51. The van der Waals surface area contributed by atoms with Crippen molar-refractivity contribution in [2.45, 2.75) is 38.2 Å². The van der Waals surface area contributed by atoms with Crippen LogP contribution >= 0.6 is 0 Å². The van der Waals surface area contributed by atoms with Crippen LogP contribution in [0.1, 0.15) is 31.4 Å². The molecule has 0 aliphatic carbocycles. The molecule has 0 amide bonds. The van der Waals surface area contributed by atoms with E-state index in [1.807, 2.05) is 36.4 Å². The normalized spacial score (nSPS) is 12.7. The van der Waals surface area contributed by atoms with Crippen molar-refractivity contribution in [3.05, 3.63) is 59.7 Å². The minimum atomic E-state index is -0.459. The Balaban J connectivity index is 2.16. The van der Waals surface area contributed by atoms with Crippen LogP contribution in [0.15, 0.2) is 48.5 Å². The fourth-order valence-corrected chi connectivity index (χ4v) is 2.68. The highest BCUT2D eigenvalue weighted by atomic mass is 16.5. The minimum absolute atomic E-state index is 0.392. The van der Waals surface area contributed by atoms with Crippen molar-refractivity contribution in [1.82, 2.24) is 0 Å². The fraction of sp³-hybridized carbons (Fsp3) is 0.400. The maximum Gasteiger partial charge on any atom is 0.122 e. The molecule has 1 N–H and O–H groups in total. The van der Waals surface area contributed by atoms with Gasteiger partial charge in [0.25, 0.3) is 0 Å². The predicted molar refractivity (Wildman–Crippen MR) is 93.3 cm³/mol. The molecule has 23 heavy (non-hydrogen) atoms. The van der Waals surface area contributed by atoms with Gasteiger partial charge in [-0.15, -0.1) is 0 Å². The van der Waals surface area contributed by atoms with Gasteiger partial charge in [0.05, 0.1) is 20.3 Å². The molecule has 2 rings (SSSR count). The molecule has 1 atom stereocenters. The molecule has 0 fully saturated rings. The molecule has 124 valence electrons. The number of aliphatic hydroxyl groups is 1. The van der Waals surface area contributed by atoms with Crippen molar-refractivity contribution in [2.75, 3.05) is 14.2 Å². The van der Waals surface area contributed by atoms with Crippen LogP contribution in [0.25, 0.3) is 0 Å². The van der Waals surface area contributed by atoms with E-state index in [1.165, 1.54) is 5.56 Å². The van der Waals surface area contributed by atoms with Crippen molar-refractivity contribution >= 4 is 0 Å². The highest BCUT2D eigenvalue weighted by Crippen LogP contribution is 2.34. The van der Waals surface area contributed by atoms with Crippen LogP contribution < -0.4 is 9.47 Å². The average Bonchev–Trinajstić information content (AvgIpc) is 2.59. The molecule has 0 aromatic heterocycles. The third-order valence-electron chi connectivity index (χ3n) is 4.48. The Labute approximate surface area is 138 Å². The number of aliphatic hydroxyl groups excluding tert-OH is 1. The predicted octanol–water partition coefficient (Wildman–Crippen LogP) is 3.98. The second-order valence-electron chi connectivity index (χ2n) is 6.36. The highest BCUT2D eigenvalue weighted by molar-refractivity contribution is 5.42. The summed E-state index contributed by atoms with van der Waals surface area (Å²) >= 11 is 0. The van der Waals surface area contributed by atoms with Gasteiger partial charge in [-0.25, -0.2) is 0 Å². The van der Waals surface area contributed by atoms with E-state index >= 15 is 0 Å². The van der Waals surface area contributed by atoms with E-state index in [0.29, 0.717) is 6.42 Å². The third kappa shape index (κ3) is 4.26. The minimum Gasteiger partial charge on any atom is -0.497 e. The lowest BCUT2D eigenvalue weighted by atomic mass is 9.77. The number of rotatable bonds is 7. The zero-order chi connectivity index (χ0) is 16.9. The molecular weight excluding hydrogens is 288 g/mol. The Bertz CT molecular complexity index is 598. The molecular formula is C20H26O3. The van der Waals surface area contributed by atoms with E-state index in [9.17, 15) is 5.11 Å². The summed E-state index contributed by atoms with van der Waals surface area (Å²) in [7, 11) is 3.27. The van der Waals surface area contributed by atoms with E-state index in [1.54, 1.807) is 14.2 Å². The average molecular weight is 314 g/mol. The third-order valence-corrected chi connectivity index (χ3v) is 4.48. The van der Waals surface area contributed by atoms with Crippen molar-refractivity contribution in [3.63, 3.8) is 0 Å². The van der Waals surface area contributed by atoms with Crippen LogP contribution in [0.5, 0.6) is 11.5 Å². The summed E-state index contributed by atoms with van der Waals surface area (Å²) in [5.74, 6) is 1.48. The zero-order valence-electron chi connectivity index (χ0n) is 14.4. The van der Waals surface area contributed by atoms with Gasteiger partial charge in [0.2, 0.25) is 0 Å². The molecule has 0 bridgehead atoms. The Morgan fingerprint density at radius 2 is 1.52 bits per heavy atom. The lowest BCUT2D eigenvalue weighted by Crippen LogP contribution is -2.34. The van der Waals surface area contributed by atoms with Gasteiger partial charge < -0.3 is 14.6 Å². The van der Waals surface area contributed by atoms with Gasteiger partial charge in [0.15, 0.2) is 0 Å². The molecule has 2 aromatic carbocycles. The topological polar surface area (TPSA) is 38.7 Å². The van der Waals surface area contributed by atoms with Crippen LogP contribution in [0.2, 0.25) is 0 Å². The molecule has 0 aliphatic rings. The summed E-state index contributed by atoms with van der Waals surface area (Å²) in [6.45, 7) is 4.10. The van der Waals surface area contributed by atoms with Gasteiger partial charge in [-0.2, -0.15) is 0 Å². The Morgan fingerprint density at radius 1 is 0.957 bits per heavy atom. The molecule has 3 heteroatoms. The van der Waals surface area contributed by atoms with Gasteiger partial charge >= 0.3 is 0 Å². The van der Waals surface area contributed by atoms with E-state index in [2.05, 4.69) is 26.0 Å². The van der Waals surface area contributed by atoms with Crippen LogP contribution in [-0.2, 0) is 11.8 Å². The largest absolute Gasteiger partial charge is 0.497 e. The monoisotopic (exact) mass is 314 g/mol. The van der Waals surface area contributed by atoms with E-state index < -0.39 is 11.5 Å². The standard InChI is InChI=1S/C20H26O3/c1-20(2,16-12-17(22-3)14-18(13-16)23-4)19(21)11-10-15-8-6-5-7-9-15/h5-9,12-14,19,21H,10-11H2,1-4H3. The molecule has 3 nitrogen and oxygen atoms in total. The van der Waals surface area contributed by atoms with Crippen LogP contribution in [0, 0.1) is 0 Å². The number of hydrogen-bond donors (Lipinski definition) is 1. The summed E-state index contributed by atoms with van der Waals surface area (Å²) in [5, 5.41) is 10.7. The second-order valence-corrected chi connectivity index (χ2v) is 6.36. The first-order valence-electron chi connectivity index (χ1n) is 7.93.